The summed E-state index contributed by atoms with van der Waals surface area (Å²) in [6, 6.07) is 9.03. The van der Waals surface area contributed by atoms with E-state index in [1.54, 1.807) is 23.2 Å². The molecule has 28 heavy (non-hydrogen) atoms. The second-order valence-electron chi connectivity index (χ2n) is 6.73. The van der Waals surface area contributed by atoms with Gasteiger partial charge in [-0.1, -0.05) is 6.92 Å². The quantitative estimate of drug-likeness (QED) is 0.683. The van der Waals surface area contributed by atoms with Gasteiger partial charge in [-0.15, -0.1) is 0 Å². The minimum atomic E-state index is -0.368. The van der Waals surface area contributed by atoms with Crippen molar-refractivity contribution in [2.75, 3.05) is 26.3 Å². The number of amides is 1. The molecule has 3 aromatic rings. The van der Waals surface area contributed by atoms with Crippen molar-refractivity contribution in [2.45, 2.75) is 19.4 Å². The maximum absolute atomic E-state index is 14.3. The number of ether oxygens (including phenoxy) is 2. The van der Waals surface area contributed by atoms with Crippen LogP contribution in [0.1, 0.15) is 24.9 Å². The topological polar surface area (TPSA) is 56.6 Å². The van der Waals surface area contributed by atoms with E-state index in [-0.39, 0.29) is 18.0 Å². The number of rotatable bonds is 4. The molecule has 0 N–H and O–H groups in total. The summed E-state index contributed by atoms with van der Waals surface area (Å²) in [5.41, 5.74) is 1.56. The summed E-state index contributed by atoms with van der Waals surface area (Å²) in [5.74, 6) is 0.178. The molecule has 1 unspecified atom stereocenters. The number of halogens is 1. The molecule has 0 radical (unpaired) electrons. The van der Waals surface area contributed by atoms with Gasteiger partial charge in [-0.25, -0.2) is 9.18 Å². The highest BCUT2D eigenvalue weighted by Crippen LogP contribution is 2.30. The van der Waals surface area contributed by atoms with Gasteiger partial charge >= 0.3 is 6.09 Å². The lowest BCUT2D eigenvalue weighted by atomic mass is 10.1. The first kappa shape index (κ1) is 18.4. The van der Waals surface area contributed by atoms with Crippen molar-refractivity contribution in [2.24, 2.45) is 0 Å². The summed E-state index contributed by atoms with van der Waals surface area (Å²) in [4.78, 5) is 17.8. The van der Waals surface area contributed by atoms with E-state index in [0.29, 0.717) is 37.6 Å². The number of aromatic nitrogens is 2. The number of pyridine rings is 1. The molecule has 0 spiro atoms. The van der Waals surface area contributed by atoms with Crippen LogP contribution < -0.4 is 4.74 Å². The molecule has 146 valence electrons. The Kier molecular flexibility index (Phi) is 5.25. The van der Waals surface area contributed by atoms with E-state index >= 15 is 0 Å². The van der Waals surface area contributed by atoms with Crippen LogP contribution >= 0.6 is 0 Å². The van der Waals surface area contributed by atoms with Gasteiger partial charge in [0, 0.05) is 41.9 Å². The van der Waals surface area contributed by atoms with Crippen molar-refractivity contribution in [1.29, 1.82) is 0 Å². The molecule has 7 heteroatoms. The Morgan fingerprint density at radius 2 is 2.11 bits per heavy atom. The maximum Gasteiger partial charge on any atom is 0.415 e. The number of morpholine rings is 1. The Morgan fingerprint density at radius 3 is 2.86 bits per heavy atom. The molecule has 4 rings (SSSR count). The van der Waals surface area contributed by atoms with Crippen LogP contribution in [-0.4, -0.2) is 46.8 Å². The number of nitrogens with zero attached hydrogens (tertiary/aromatic N) is 3. The highest BCUT2D eigenvalue weighted by Gasteiger charge is 2.20. The molecular formula is C21H22FN3O3. The predicted molar refractivity (Wildman–Crippen MR) is 103 cm³/mol. The standard InChI is InChI=1S/C21H22FN3O3/c1-2-19(17-5-7-23-14-18(17)22)25-8-6-15-13-16(3-4-20(15)25)28-21(26)24-9-11-27-12-10-24/h3-8,13-14,19H,2,9-12H2,1H3. The molecule has 3 heterocycles. The van der Waals surface area contributed by atoms with Gasteiger partial charge in [-0.3, -0.25) is 4.98 Å². The van der Waals surface area contributed by atoms with Gasteiger partial charge in [0.25, 0.3) is 0 Å². The Balaban J connectivity index is 1.59. The average molecular weight is 383 g/mol. The van der Waals surface area contributed by atoms with Crippen molar-refractivity contribution in [3.8, 4) is 5.75 Å². The molecule has 1 atom stereocenters. The van der Waals surface area contributed by atoms with Crippen LogP contribution in [0.3, 0.4) is 0 Å². The lowest BCUT2D eigenvalue weighted by molar-refractivity contribution is 0.0416. The third-order valence-corrected chi connectivity index (χ3v) is 5.05. The van der Waals surface area contributed by atoms with Crippen molar-refractivity contribution < 1.29 is 18.7 Å². The number of benzene rings is 1. The summed E-state index contributed by atoms with van der Waals surface area (Å²) in [5, 5.41) is 0.931. The van der Waals surface area contributed by atoms with E-state index in [9.17, 15) is 9.18 Å². The zero-order valence-corrected chi connectivity index (χ0v) is 15.7. The largest absolute Gasteiger partial charge is 0.415 e. The number of fused-ring (bicyclic) bond motifs is 1. The molecule has 2 aromatic heterocycles. The van der Waals surface area contributed by atoms with Gasteiger partial charge in [0.1, 0.15) is 11.6 Å². The van der Waals surface area contributed by atoms with E-state index in [1.807, 2.05) is 35.9 Å². The first-order chi connectivity index (χ1) is 13.7. The van der Waals surface area contributed by atoms with Crippen molar-refractivity contribution in [3.05, 3.63) is 60.3 Å². The molecule has 1 aliphatic heterocycles. The molecule has 1 amide bonds. The lowest BCUT2D eigenvalue weighted by Crippen LogP contribution is -2.42. The highest BCUT2D eigenvalue weighted by atomic mass is 19.1. The first-order valence-electron chi connectivity index (χ1n) is 9.42. The lowest BCUT2D eigenvalue weighted by Gasteiger charge is -2.25. The normalized spacial score (nSPS) is 15.6. The second kappa shape index (κ2) is 7.98. The van der Waals surface area contributed by atoms with Gasteiger partial charge in [0.05, 0.1) is 25.5 Å². The van der Waals surface area contributed by atoms with Gasteiger partial charge in [-0.2, -0.15) is 0 Å². The minimum Gasteiger partial charge on any atom is -0.410 e. The second-order valence-corrected chi connectivity index (χ2v) is 6.73. The number of carbonyl (C=O) groups excluding carboxylic acids is 1. The SMILES string of the molecule is CCC(c1ccncc1F)n1ccc2cc(OC(=O)N3CCOCC3)ccc21. The van der Waals surface area contributed by atoms with Crippen molar-refractivity contribution >= 4 is 17.0 Å². The van der Waals surface area contributed by atoms with E-state index < -0.39 is 0 Å². The fourth-order valence-corrected chi connectivity index (χ4v) is 3.61. The van der Waals surface area contributed by atoms with Crippen LogP contribution in [0.15, 0.2) is 48.9 Å². The minimum absolute atomic E-state index is 0.137. The Bertz CT molecular complexity index is 982. The number of carbonyl (C=O) groups is 1. The van der Waals surface area contributed by atoms with Gasteiger partial charge < -0.3 is 18.9 Å². The summed E-state index contributed by atoms with van der Waals surface area (Å²) >= 11 is 0. The maximum atomic E-state index is 14.3. The average Bonchev–Trinajstić information content (AvgIpc) is 3.14. The smallest absolute Gasteiger partial charge is 0.410 e. The molecule has 1 aliphatic rings. The van der Waals surface area contributed by atoms with Crippen LogP contribution in [0.25, 0.3) is 10.9 Å². The van der Waals surface area contributed by atoms with Gasteiger partial charge in [-0.05, 0) is 36.8 Å². The van der Waals surface area contributed by atoms with Gasteiger partial charge in [0.2, 0.25) is 0 Å². The summed E-state index contributed by atoms with van der Waals surface area (Å²) in [7, 11) is 0. The fraction of sp³-hybridized carbons (Fsp3) is 0.333. The van der Waals surface area contributed by atoms with Crippen LogP contribution in [0.2, 0.25) is 0 Å². The Morgan fingerprint density at radius 1 is 1.29 bits per heavy atom. The van der Waals surface area contributed by atoms with Gasteiger partial charge in [0.15, 0.2) is 0 Å². The monoisotopic (exact) mass is 383 g/mol. The predicted octanol–water partition coefficient (Wildman–Crippen LogP) is 4.01. The highest BCUT2D eigenvalue weighted by molar-refractivity contribution is 5.83. The number of hydrogen-bond donors (Lipinski definition) is 0. The number of hydrogen-bond acceptors (Lipinski definition) is 4. The molecule has 1 fully saturated rings. The van der Waals surface area contributed by atoms with Crippen LogP contribution in [0, 0.1) is 5.82 Å². The third kappa shape index (κ3) is 3.57. The Labute approximate surface area is 162 Å². The van der Waals surface area contributed by atoms with Crippen molar-refractivity contribution in [1.82, 2.24) is 14.5 Å². The third-order valence-electron chi connectivity index (χ3n) is 5.05. The summed E-state index contributed by atoms with van der Waals surface area (Å²) < 4.78 is 27.1. The molecule has 0 saturated carbocycles. The van der Waals surface area contributed by atoms with Crippen LogP contribution in [0.5, 0.6) is 5.75 Å². The molecule has 0 bridgehead atoms. The zero-order chi connectivity index (χ0) is 19.5. The van der Waals surface area contributed by atoms with E-state index in [4.69, 9.17) is 9.47 Å². The fourth-order valence-electron chi connectivity index (χ4n) is 3.61. The summed E-state index contributed by atoms with van der Waals surface area (Å²) in [6.07, 6.45) is 5.15. The summed E-state index contributed by atoms with van der Waals surface area (Å²) in [6.45, 7) is 4.15. The van der Waals surface area contributed by atoms with Crippen LogP contribution in [0.4, 0.5) is 9.18 Å². The Hall–Kier alpha value is -2.93. The molecule has 6 nitrogen and oxygen atoms in total. The van der Waals surface area contributed by atoms with Crippen molar-refractivity contribution in [3.63, 3.8) is 0 Å². The van der Waals surface area contributed by atoms with E-state index in [2.05, 4.69) is 4.98 Å². The zero-order valence-electron chi connectivity index (χ0n) is 15.7. The van der Waals surface area contributed by atoms with Crippen LogP contribution in [-0.2, 0) is 4.74 Å². The molecular weight excluding hydrogens is 361 g/mol. The first-order valence-corrected chi connectivity index (χ1v) is 9.42. The molecule has 1 saturated heterocycles. The molecule has 0 aliphatic carbocycles. The molecule has 1 aromatic carbocycles. The van der Waals surface area contributed by atoms with E-state index in [1.165, 1.54) is 6.20 Å². The van der Waals surface area contributed by atoms with E-state index in [0.717, 1.165) is 17.3 Å².